The summed E-state index contributed by atoms with van der Waals surface area (Å²) in [7, 11) is 0. The van der Waals surface area contributed by atoms with Crippen LogP contribution in [0.5, 0.6) is 0 Å². The van der Waals surface area contributed by atoms with Crippen molar-refractivity contribution in [3.8, 4) is 0 Å². The summed E-state index contributed by atoms with van der Waals surface area (Å²) >= 11 is 0. The largest absolute Gasteiger partial charge is 0.303 e. The summed E-state index contributed by atoms with van der Waals surface area (Å²) in [6, 6.07) is 5.68. The summed E-state index contributed by atoms with van der Waals surface area (Å²) in [6.07, 6.45) is 7.31. The van der Waals surface area contributed by atoms with Crippen LogP contribution in [-0.2, 0) is 0 Å². The molecule has 1 nitrogen and oxygen atoms in total. The molecule has 0 amide bonds. The van der Waals surface area contributed by atoms with Gasteiger partial charge in [0.05, 0.1) is 0 Å². The Hall–Kier alpha value is -0.890. The average Bonchev–Trinajstić information content (AvgIpc) is 2.53. The molecule has 1 aliphatic heterocycles. The van der Waals surface area contributed by atoms with Crippen molar-refractivity contribution in [2.45, 2.75) is 85.0 Å². The summed E-state index contributed by atoms with van der Waals surface area (Å²) in [6.45, 7) is 15.4. The van der Waals surface area contributed by atoms with Crippen LogP contribution in [0.25, 0.3) is 0 Å². The molecule has 1 aromatic rings. The number of benzene rings is 1. The van der Waals surface area contributed by atoms with Crippen LogP contribution in [-0.4, -0.2) is 24.5 Å². The van der Waals surface area contributed by atoms with E-state index in [0.717, 1.165) is 13.1 Å². The van der Waals surface area contributed by atoms with E-state index in [0.29, 0.717) is 22.7 Å². The Labute approximate surface area is 160 Å². The van der Waals surface area contributed by atoms with Crippen LogP contribution < -0.4 is 0 Å². The van der Waals surface area contributed by atoms with E-state index in [1.165, 1.54) is 56.2 Å². The Bertz CT molecular complexity index is 595. The minimum atomic E-state index is -0.0610. The standard InChI is InChI=1S/C24H38FN/c1-6-11-26-12-9-18(10-13-26)22-14-20(25)7-8-21(22)19-15-23(2,3)17-24(4,5)16-19/h7-8,14,18-19H,6,9-13,15-17H2,1-5H3. The molecule has 2 fully saturated rings. The van der Waals surface area contributed by atoms with Gasteiger partial charge in [-0.15, -0.1) is 0 Å². The van der Waals surface area contributed by atoms with Crippen molar-refractivity contribution in [2.75, 3.05) is 19.6 Å². The highest BCUT2D eigenvalue weighted by molar-refractivity contribution is 5.35. The van der Waals surface area contributed by atoms with E-state index < -0.39 is 0 Å². The lowest BCUT2D eigenvalue weighted by Gasteiger charge is -2.46. The highest BCUT2D eigenvalue weighted by Gasteiger charge is 2.40. The number of hydrogen-bond donors (Lipinski definition) is 0. The molecule has 1 saturated heterocycles. The topological polar surface area (TPSA) is 3.24 Å². The lowest BCUT2D eigenvalue weighted by Crippen LogP contribution is -2.35. The molecule has 1 heterocycles. The van der Waals surface area contributed by atoms with Crippen LogP contribution in [0.15, 0.2) is 18.2 Å². The molecule has 26 heavy (non-hydrogen) atoms. The van der Waals surface area contributed by atoms with Crippen molar-refractivity contribution < 1.29 is 4.39 Å². The SMILES string of the molecule is CCCN1CCC(c2cc(F)ccc2C2CC(C)(C)CC(C)(C)C2)CC1. The fourth-order valence-corrected chi connectivity index (χ4v) is 6.12. The van der Waals surface area contributed by atoms with E-state index in [4.69, 9.17) is 0 Å². The second-order valence-corrected chi connectivity index (χ2v) is 10.5. The Morgan fingerprint density at radius 1 is 0.962 bits per heavy atom. The third kappa shape index (κ3) is 4.68. The second kappa shape index (κ2) is 7.62. The van der Waals surface area contributed by atoms with Gasteiger partial charge < -0.3 is 4.90 Å². The van der Waals surface area contributed by atoms with Gasteiger partial charge in [-0.3, -0.25) is 0 Å². The van der Waals surface area contributed by atoms with E-state index in [1.54, 1.807) is 6.07 Å². The zero-order valence-corrected chi connectivity index (χ0v) is 17.6. The first-order chi connectivity index (χ1) is 12.2. The maximum absolute atomic E-state index is 14.2. The van der Waals surface area contributed by atoms with Crippen molar-refractivity contribution in [3.05, 3.63) is 35.1 Å². The number of piperidine rings is 1. The van der Waals surface area contributed by atoms with Crippen LogP contribution >= 0.6 is 0 Å². The molecular weight excluding hydrogens is 321 g/mol. The monoisotopic (exact) mass is 359 g/mol. The van der Waals surface area contributed by atoms with Crippen LogP contribution in [0.3, 0.4) is 0 Å². The molecule has 3 rings (SSSR count). The van der Waals surface area contributed by atoms with Gasteiger partial charge in [-0.25, -0.2) is 4.39 Å². The quantitative estimate of drug-likeness (QED) is 0.575. The molecule has 1 aromatic carbocycles. The van der Waals surface area contributed by atoms with E-state index in [-0.39, 0.29) is 5.82 Å². The molecule has 146 valence electrons. The van der Waals surface area contributed by atoms with Gasteiger partial charge in [0.2, 0.25) is 0 Å². The third-order valence-electron chi connectivity index (χ3n) is 6.61. The molecule has 0 bridgehead atoms. The number of halogens is 1. The molecule has 0 unspecified atom stereocenters. The van der Waals surface area contributed by atoms with Crippen molar-refractivity contribution >= 4 is 0 Å². The van der Waals surface area contributed by atoms with E-state index in [2.05, 4.69) is 45.6 Å². The molecule has 0 atom stereocenters. The summed E-state index contributed by atoms with van der Waals surface area (Å²) in [5.74, 6) is 1.04. The first-order valence-corrected chi connectivity index (χ1v) is 10.7. The summed E-state index contributed by atoms with van der Waals surface area (Å²) in [5, 5.41) is 0. The predicted molar refractivity (Wildman–Crippen MR) is 109 cm³/mol. The van der Waals surface area contributed by atoms with Crippen molar-refractivity contribution in [1.29, 1.82) is 0 Å². The summed E-state index contributed by atoms with van der Waals surface area (Å²) in [5.41, 5.74) is 3.49. The van der Waals surface area contributed by atoms with Crippen LogP contribution in [0.1, 0.15) is 96.1 Å². The molecule has 0 radical (unpaired) electrons. The smallest absolute Gasteiger partial charge is 0.123 e. The Balaban J connectivity index is 1.85. The maximum atomic E-state index is 14.2. The molecular formula is C24H38FN. The molecule has 2 aliphatic rings. The summed E-state index contributed by atoms with van der Waals surface area (Å²) in [4.78, 5) is 2.57. The van der Waals surface area contributed by atoms with Crippen molar-refractivity contribution in [2.24, 2.45) is 10.8 Å². The molecule has 0 aromatic heterocycles. The lowest BCUT2D eigenvalue weighted by molar-refractivity contribution is 0.0962. The van der Waals surface area contributed by atoms with Gasteiger partial charge >= 0.3 is 0 Å². The Kier molecular flexibility index (Phi) is 5.82. The van der Waals surface area contributed by atoms with Gasteiger partial charge in [0.1, 0.15) is 5.82 Å². The summed E-state index contributed by atoms with van der Waals surface area (Å²) < 4.78 is 14.2. The minimum Gasteiger partial charge on any atom is -0.303 e. The lowest BCUT2D eigenvalue weighted by atomic mass is 9.59. The first kappa shape index (κ1) is 19.9. The van der Waals surface area contributed by atoms with Gasteiger partial charge in [0, 0.05) is 0 Å². The van der Waals surface area contributed by atoms with E-state index >= 15 is 0 Å². The number of nitrogens with zero attached hydrogens (tertiary/aromatic N) is 1. The molecule has 0 spiro atoms. The van der Waals surface area contributed by atoms with Gasteiger partial charge in [-0.05, 0) is 104 Å². The number of rotatable bonds is 4. The van der Waals surface area contributed by atoms with Crippen LogP contribution in [0.2, 0.25) is 0 Å². The number of hydrogen-bond acceptors (Lipinski definition) is 1. The van der Waals surface area contributed by atoms with Gasteiger partial charge in [-0.2, -0.15) is 0 Å². The zero-order valence-electron chi connectivity index (χ0n) is 17.6. The van der Waals surface area contributed by atoms with Gasteiger partial charge in [0.15, 0.2) is 0 Å². The maximum Gasteiger partial charge on any atom is 0.123 e. The van der Waals surface area contributed by atoms with Gasteiger partial charge in [0.25, 0.3) is 0 Å². The minimum absolute atomic E-state index is 0.0610. The molecule has 2 heteroatoms. The molecule has 1 saturated carbocycles. The average molecular weight is 360 g/mol. The normalized spacial score (nSPS) is 24.7. The first-order valence-electron chi connectivity index (χ1n) is 10.7. The predicted octanol–water partition coefficient (Wildman–Crippen LogP) is 6.74. The Morgan fingerprint density at radius 3 is 2.15 bits per heavy atom. The number of likely N-dealkylation sites (tertiary alicyclic amines) is 1. The molecule has 1 aliphatic carbocycles. The van der Waals surface area contributed by atoms with Crippen molar-refractivity contribution in [3.63, 3.8) is 0 Å². The fourth-order valence-electron chi connectivity index (χ4n) is 6.12. The zero-order chi connectivity index (χ0) is 18.9. The van der Waals surface area contributed by atoms with E-state index in [1.807, 2.05) is 6.07 Å². The molecule has 0 N–H and O–H groups in total. The highest BCUT2D eigenvalue weighted by Crippen LogP contribution is 2.53. The third-order valence-corrected chi connectivity index (χ3v) is 6.61. The Morgan fingerprint density at radius 2 is 1.58 bits per heavy atom. The van der Waals surface area contributed by atoms with E-state index in [9.17, 15) is 4.39 Å². The van der Waals surface area contributed by atoms with Crippen LogP contribution in [0, 0.1) is 16.6 Å². The van der Waals surface area contributed by atoms with Crippen LogP contribution in [0.4, 0.5) is 4.39 Å². The highest BCUT2D eigenvalue weighted by atomic mass is 19.1. The fraction of sp³-hybridized carbons (Fsp3) is 0.750. The van der Waals surface area contributed by atoms with Crippen molar-refractivity contribution in [1.82, 2.24) is 4.90 Å². The van der Waals surface area contributed by atoms with Gasteiger partial charge in [-0.1, -0.05) is 40.7 Å². The second-order valence-electron chi connectivity index (χ2n) is 10.5.